The molecule has 0 aliphatic heterocycles. The lowest BCUT2D eigenvalue weighted by Crippen LogP contribution is -2.18. The minimum absolute atomic E-state index is 0.0872. The van der Waals surface area contributed by atoms with Gasteiger partial charge in [-0.1, -0.05) is 85.0 Å². The molecule has 0 aliphatic carbocycles. The third kappa shape index (κ3) is 10.7. The molecule has 0 N–H and O–H groups in total. The second-order valence-corrected chi connectivity index (χ2v) is 6.67. The summed E-state index contributed by atoms with van der Waals surface area (Å²) in [6.45, 7) is 6.66. The number of carbonyl (C=O) groups is 1. The van der Waals surface area contributed by atoms with Gasteiger partial charge in [0.25, 0.3) is 0 Å². The van der Waals surface area contributed by atoms with E-state index in [0.29, 0.717) is 5.92 Å². The molecule has 0 saturated heterocycles. The van der Waals surface area contributed by atoms with Crippen molar-refractivity contribution in [3.63, 3.8) is 0 Å². The smallest absolute Gasteiger partial charge is 0.224 e. The molecule has 20 heavy (non-hydrogen) atoms. The molecule has 0 heterocycles. The number of carbonyl (C=O) groups excluding carboxylic acids is 1. The van der Waals surface area contributed by atoms with E-state index in [1.807, 2.05) is 0 Å². The Balaban J connectivity index is 3.76. The zero-order chi connectivity index (χ0) is 15.2. The van der Waals surface area contributed by atoms with E-state index < -0.39 is 0 Å². The maximum Gasteiger partial charge on any atom is 0.224 e. The van der Waals surface area contributed by atoms with E-state index >= 15 is 0 Å². The predicted octanol–water partition coefficient (Wildman–Crippen LogP) is 6.73. The van der Waals surface area contributed by atoms with E-state index in [1.54, 1.807) is 0 Å². The summed E-state index contributed by atoms with van der Waals surface area (Å²) in [6, 6.07) is 0. The number of hydrogen-bond donors (Lipinski definition) is 0. The highest BCUT2D eigenvalue weighted by atomic mass is 35.5. The van der Waals surface area contributed by atoms with Gasteiger partial charge in [0.1, 0.15) is 0 Å². The van der Waals surface area contributed by atoms with Gasteiger partial charge < -0.3 is 0 Å². The standard InChI is InChI=1S/C18H35ClO/c1-4-6-8-9-10-11-13-15-17(18(19)20)16(3)14-12-7-5-2/h16-17H,4-15H2,1-3H3. The summed E-state index contributed by atoms with van der Waals surface area (Å²) in [5.74, 6) is 0.538. The Labute approximate surface area is 131 Å². The maximum atomic E-state index is 11.6. The second-order valence-electron chi connectivity index (χ2n) is 6.29. The predicted molar refractivity (Wildman–Crippen MR) is 90.3 cm³/mol. The molecule has 0 rings (SSSR count). The van der Waals surface area contributed by atoms with Crippen LogP contribution in [0.1, 0.15) is 97.8 Å². The molecule has 0 aromatic heterocycles. The summed E-state index contributed by atoms with van der Waals surface area (Å²) in [5, 5.41) is -0.111. The number of hydrogen-bond acceptors (Lipinski definition) is 1. The highest BCUT2D eigenvalue weighted by molar-refractivity contribution is 6.64. The first-order chi connectivity index (χ1) is 9.63. The molecular weight excluding hydrogens is 268 g/mol. The fourth-order valence-electron chi connectivity index (χ4n) is 2.86. The molecule has 2 unspecified atom stereocenters. The molecule has 2 atom stereocenters. The van der Waals surface area contributed by atoms with Crippen molar-refractivity contribution in [1.29, 1.82) is 0 Å². The monoisotopic (exact) mass is 302 g/mol. The van der Waals surface area contributed by atoms with Crippen LogP contribution in [0.2, 0.25) is 0 Å². The molecule has 0 fully saturated rings. The minimum Gasteiger partial charge on any atom is -0.281 e. The molecule has 0 saturated carbocycles. The largest absolute Gasteiger partial charge is 0.281 e. The highest BCUT2D eigenvalue weighted by Gasteiger charge is 2.22. The van der Waals surface area contributed by atoms with E-state index in [-0.39, 0.29) is 11.2 Å². The first-order valence-corrected chi connectivity index (χ1v) is 9.20. The van der Waals surface area contributed by atoms with Crippen molar-refractivity contribution in [2.45, 2.75) is 97.8 Å². The van der Waals surface area contributed by atoms with Gasteiger partial charge in [-0.2, -0.15) is 0 Å². The van der Waals surface area contributed by atoms with Crippen LogP contribution in [-0.4, -0.2) is 5.24 Å². The molecule has 0 aliphatic rings. The fourth-order valence-corrected chi connectivity index (χ4v) is 3.18. The average molecular weight is 303 g/mol. The molecule has 0 radical (unpaired) electrons. The summed E-state index contributed by atoms with van der Waals surface area (Å²) in [5.41, 5.74) is 0. The van der Waals surface area contributed by atoms with Crippen molar-refractivity contribution >= 4 is 16.8 Å². The van der Waals surface area contributed by atoms with Crippen LogP contribution < -0.4 is 0 Å². The third-order valence-corrected chi connectivity index (χ3v) is 4.64. The van der Waals surface area contributed by atoms with Crippen LogP contribution in [-0.2, 0) is 4.79 Å². The van der Waals surface area contributed by atoms with Crippen LogP contribution in [0.4, 0.5) is 0 Å². The number of unbranched alkanes of at least 4 members (excludes halogenated alkanes) is 8. The average Bonchev–Trinajstić information content (AvgIpc) is 2.41. The third-order valence-electron chi connectivity index (χ3n) is 4.36. The molecule has 120 valence electrons. The Morgan fingerprint density at radius 1 is 0.800 bits per heavy atom. The lowest BCUT2D eigenvalue weighted by atomic mass is 9.86. The van der Waals surface area contributed by atoms with Gasteiger partial charge in [-0.3, -0.25) is 4.79 Å². The quantitative estimate of drug-likeness (QED) is 0.257. The van der Waals surface area contributed by atoms with Crippen molar-refractivity contribution in [3.05, 3.63) is 0 Å². The van der Waals surface area contributed by atoms with Gasteiger partial charge in [0.15, 0.2) is 0 Å². The van der Waals surface area contributed by atoms with Crippen molar-refractivity contribution < 1.29 is 4.79 Å². The second kappa shape index (κ2) is 13.9. The molecule has 1 nitrogen and oxygen atoms in total. The van der Waals surface area contributed by atoms with Crippen LogP contribution in [0.25, 0.3) is 0 Å². The van der Waals surface area contributed by atoms with E-state index in [0.717, 1.165) is 19.3 Å². The zero-order valence-corrected chi connectivity index (χ0v) is 14.7. The van der Waals surface area contributed by atoms with Crippen molar-refractivity contribution in [2.75, 3.05) is 0 Å². The van der Waals surface area contributed by atoms with Crippen molar-refractivity contribution in [3.8, 4) is 0 Å². The van der Waals surface area contributed by atoms with Crippen LogP contribution in [0, 0.1) is 11.8 Å². The van der Waals surface area contributed by atoms with Crippen LogP contribution in [0.15, 0.2) is 0 Å². The van der Waals surface area contributed by atoms with Crippen molar-refractivity contribution in [2.24, 2.45) is 11.8 Å². The van der Waals surface area contributed by atoms with Crippen LogP contribution in [0.3, 0.4) is 0 Å². The molecule has 0 spiro atoms. The van der Waals surface area contributed by atoms with E-state index in [1.165, 1.54) is 57.8 Å². The maximum absolute atomic E-state index is 11.6. The van der Waals surface area contributed by atoms with Gasteiger partial charge >= 0.3 is 0 Å². The Hall–Kier alpha value is -0.0400. The van der Waals surface area contributed by atoms with Gasteiger partial charge in [-0.25, -0.2) is 0 Å². The van der Waals surface area contributed by atoms with Gasteiger partial charge in [0.05, 0.1) is 0 Å². The molecular formula is C18H35ClO. The van der Waals surface area contributed by atoms with Gasteiger partial charge in [-0.05, 0) is 30.4 Å². The molecule has 0 bridgehead atoms. The van der Waals surface area contributed by atoms with Crippen LogP contribution >= 0.6 is 11.6 Å². The van der Waals surface area contributed by atoms with E-state index in [9.17, 15) is 4.79 Å². The summed E-state index contributed by atoms with van der Waals surface area (Å²) in [6.07, 6.45) is 15.0. The lowest BCUT2D eigenvalue weighted by Gasteiger charge is -2.20. The Bertz CT molecular complexity index is 227. The summed E-state index contributed by atoms with van der Waals surface area (Å²) in [7, 11) is 0. The highest BCUT2D eigenvalue weighted by Crippen LogP contribution is 2.26. The molecule has 0 amide bonds. The van der Waals surface area contributed by atoms with Gasteiger partial charge in [-0.15, -0.1) is 0 Å². The summed E-state index contributed by atoms with van der Waals surface area (Å²) >= 11 is 5.79. The van der Waals surface area contributed by atoms with Gasteiger partial charge in [0, 0.05) is 5.92 Å². The number of halogens is 1. The van der Waals surface area contributed by atoms with Gasteiger partial charge in [0.2, 0.25) is 5.24 Å². The van der Waals surface area contributed by atoms with Crippen LogP contribution in [0.5, 0.6) is 0 Å². The molecule has 2 heteroatoms. The normalized spacial score (nSPS) is 14.2. The molecule has 0 aromatic rings. The zero-order valence-electron chi connectivity index (χ0n) is 13.9. The first kappa shape index (κ1) is 20.0. The molecule has 0 aromatic carbocycles. The number of rotatable bonds is 14. The summed E-state index contributed by atoms with van der Waals surface area (Å²) < 4.78 is 0. The minimum atomic E-state index is -0.111. The van der Waals surface area contributed by atoms with E-state index in [2.05, 4.69) is 20.8 Å². The SMILES string of the molecule is CCCCCCCCCC(C(=O)Cl)C(C)CCCCC. The first-order valence-electron chi connectivity index (χ1n) is 8.82. The fraction of sp³-hybridized carbons (Fsp3) is 0.944. The summed E-state index contributed by atoms with van der Waals surface area (Å²) in [4.78, 5) is 11.6. The lowest BCUT2D eigenvalue weighted by molar-refractivity contribution is -0.116. The van der Waals surface area contributed by atoms with Crippen molar-refractivity contribution in [1.82, 2.24) is 0 Å². The Morgan fingerprint density at radius 3 is 1.80 bits per heavy atom. The Kier molecular flexibility index (Phi) is 13.9. The topological polar surface area (TPSA) is 17.1 Å². The van der Waals surface area contributed by atoms with E-state index in [4.69, 9.17) is 11.6 Å². The Morgan fingerprint density at radius 2 is 1.25 bits per heavy atom.